The Morgan fingerprint density at radius 1 is 1.35 bits per heavy atom. The van der Waals surface area contributed by atoms with Gasteiger partial charge in [0.2, 0.25) is 0 Å². The van der Waals surface area contributed by atoms with Gasteiger partial charge in [-0.2, -0.15) is 5.10 Å². The largest absolute Gasteiger partial charge is 0.480 e. The SMILES string of the molecule is CCN(CC(=O)O)C1CC(NC(=O)c2cc3c(C)nn(C)c3nc2C)C1. The molecule has 1 amide bonds. The van der Waals surface area contributed by atoms with Crippen LogP contribution in [0.1, 0.15) is 41.5 Å². The lowest BCUT2D eigenvalue weighted by Gasteiger charge is -2.42. The lowest BCUT2D eigenvalue weighted by molar-refractivity contribution is -0.139. The number of aliphatic carboxylic acids is 1. The van der Waals surface area contributed by atoms with Crippen LogP contribution < -0.4 is 5.32 Å². The third-order valence-corrected chi connectivity index (χ3v) is 5.14. The summed E-state index contributed by atoms with van der Waals surface area (Å²) in [5.41, 5.74) is 2.86. The third-order valence-electron chi connectivity index (χ3n) is 5.14. The Labute approximate surface area is 152 Å². The Bertz CT molecular complexity index is 854. The molecular formula is C18H25N5O3. The zero-order valence-electron chi connectivity index (χ0n) is 15.6. The highest BCUT2D eigenvalue weighted by Gasteiger charge is 2.35. The van der Waals surface area contributed by atoms with Crippen LogP contribution in [0.5, 0.6) is 0 Å². The highest BCUT2D eigenvalue weighted by Crippen LogP contribution is 2.26. The van der Waals surface area contributed by atoms with Crippen molar-refractivity contribution in [3.05, 3.63) is 23.0 Å². The first kappa shape index (κ1) is 18.3. The maximum Gasteiger partial charge on any atom is 0.317 e. The zero-order valence-corrected chi connectivity index (χ0v) is 15.6. The molecule has 0 aliphatic heterocycles. The van der Waals surface area contributed by atoms with Gasteiger partial charge in [-0.05, 0) is 39.3 Å². The predicted octanol–water partition coefficient (Wildman–Crippen LogP) is 1.25. The van der Waals surface area contributed by atoms with Crippen LogP contribution in [0.15, 0.2) is 6.07 Å². The lowest BCUT2D eigenvalue weighted by Crippen LogP contribution is -2.54. The molecule has 0 atom stereocenters. The van der Waals surface area contributed by atoms with E-state index in [0.29, 0.717) is 17.8 Å². The molecule has 1 aliphatic carbocycles. The molecule has 2 N–H and O–H groups in total. The third kappa shape index (κ3) is 3.41. The number of rotatable bonds is 6. The van der Waals surface area contributed by atoms with Gasteiger partial charge in [0.25, 0.3) is 5.91 Å². The number of likely N-dealkylation sites (N-methyl/N-ethyl adjacent to an activating group) is 1. The molecule has 0 aromatic carbocycles. The number of hydrogen-bond acceptors (Lipinski definition) is 5. The Morgan fingerprint density at radius 2 is 2.04 bits per heavy atom. The second kappa shape index (κ2) is 7.03. The number of aryl methyl sites for hydroxylation is 3. The molecule has 2 heterocycles. The van der Waals surface area contributed by atoms with Crippen molar-refractivity contribution in [2.75, 3.05) is 13.1 Å². The van der Waals surface area contributed by atoms with Crippen LogP contribution in [-0.2, 0) is 11.8 Å². The van der Waals surface area contributed by atoms with Crippen molar-refractivity contribution < 1.29 is 14.7 Å². The van der Waals surface area contributed by atoms with Crippen molar-refractivity contribution >= 4 is 22.9 Å². The van der Waals surface area contributed by atoms with Gasteiger partial charge >= 0.3 is 5.97 Å². The molecule has 26 heavy (non-hydrogen) atoms. The fourth-order valence-corrected chi connectivity index (χ4v) is 3.60. The molecular weight excluding hydrogens is 334 g/mol. The van der Waals surface area contributed by atoms with E-state index in [1.54, 1.807) is 4.68 Å². The number of fused-ring (bicyclic) bond motifs is 1. The van der Waals surface area contributed by atoms with Crippen molar-refractivity contribution in [1.82, 2.24) is 25.0 Å². The average Bonchev–Trinajstić information content (AvgIpc) is 2.81. The highest BCUT2D eigenvalue weighted by molar-refractivity contribution is 5.98. The summed E-state index contributed by atoms with van der Waals surface area (Å²) in [4.78, 5) is 30.0. The topological polar surface area (TPSA) is 100 Å². The predicted molar refractivity (Wildman–Crippen MR) is 97.1 cm³/mol. The highest BCUT2D eigenvalue weighted by atomic mass is 16.4. The molecule has 8 heteroatoms. The number of carboxylic acids is 1. The van der Waals surface area contributed by atoms with Gasteiger partial charge in [-0.15, -0.1) is 0 Å². The monoisotopic (exact) mass is 359 g/mol. The molecule has 1 saturated carbocycles. The smallest absolute Gasteiger partial charge is 0.317 e. The molecule has 8 nitrogen and oxygen atoms in total. The molecule has 140 valence electrons. The van der Waals surface area contributed by atoms with Crippen molar-refractivity contribution in [1.29, 1.82) is 0 Å². The molecule has 0 spiro atoms. The fourth-order valence-electron chi connectivity index (χ4n) is 3.60. The zero-order chi connectivity index (χ0) is 19.0. The second-order valence-corrected chi connectivity index (χ2v) is 6.95. The van der Waals surface area contributed by atoms with Gasteiger partial charge in [-0.25, -0.2) is 4.98 Å². The number of nitrogens with zero attached hydrogens (tertiary/aromatic N) is 4. The maximum atomic E-state index is 12.7. The molecule has 0 bridgehead atoms. The van der Waals surface area contributed by atoms with Crippen LogP contribution in [0.3, 0.4) is 0 Å². The molecule has 2 aromatic heterocycles. The van der Waals surface area contributed by atoms with E-state index in [1.807, 2.05) is 38.8 Å². The number of amides is 1. The van der Waals surface area contributed by atoms with Gasteiger partial charge in [0.05, 0.1) is 23.5 Å². The summed E-state index contributed by atoms with van der Waals surface area (Å²) >= 11 is 0. The van der Waals surface area contributed by atoms with E-state index in [2.05, 4.69) is 15.4 Å². The number of carbonyl (C=O) groups is 2. The number of hydrogen-bond donors (Lipinski definition) is 2. The van der Waals surface area contributed by atoms with Crippen LogP contribution in [0.2, 0.25) is 0 Å². The van der Waals surface area contributed by atoms with E-state index in [4.69, 9.17) is 5.11 Å². The first-order valence-electron chi connectivity index (χ1n) is 8.87. The van der Waals surface area contributed by atoms with Gasteiger partial charge in [-0.3, -0.25) is 19.2 Å². The van der Waals surface area contributed by atoms with Crippen LogP contribution in [0.4, 0.5) is 0 Å². The minimum atomic E-state index is -0.818. The summed E-state index contributed by atoms with van der Waals surface area (Å²) in [6.07, 6.45) is 1.54. The molecule has 0 saturated heterocycles. The summed E-state index contributed by atoms with van der Waals surface area (Å²) in [6, 6.07) is 2.14. The minimum Gasteiger partial charge on any atom is -0.480 e. The van der Waals surface area contributed by atoms with E-state index in [0.717, 1.165) is 29.6 Å². The molecule has 0 unspecified atom stereocenters. The number of nitrogens with one attached hydrogen (secondary N) is 1. The molecule has 1 fully saturated rings. The Morgan fingerprint density at radius 3 is 2.65 bits per heavy atom. The number of carboxylic acid groups (broad SMARTS) is 1. The van der Waals surface area contributed by atoms with Crippen molar-refractivity contribution in [3.8, 4) is 0 Å². The number of pyridine rings is 1. The first-order valence-corrected chi connectivity index (χ1v) is 8.87. The maximum absolute atomic E-state index is 12.7. The van der Waals surface area contributed by atoms with Crippen LogP contribution in [0, 0.1) is 13.8 Å². The standard InChI is InChI=1S/C18H25N5O3/c1-5-23(9-16(24)25)13-6-12(7-13)20-18(26)15-8-14-11(3)21-22(4)17(14)19-10(15)2/h8,12-13H,5-7,9H2,1-4H3,(H,20,26)(H,24,25). The van der Waals surface area contributed by atoms with Crippen LogP contribution in [-0.4, -0.2) is 61.8 Å². The van der Waals surface area contributed by atoms with Crippen molar-refractivity contribution in [2.45, 2.75) is 45.7 Å². The van der Waals surface area contributed by atoms with Crippen molar-refractivity contribution in [3.63, 3.8) is 0 Å². The molecule has 1 aliphatic rings. The molecule has 0 radical (unpaired) electrons. The van der Waals surface area contributed by atoms with Crippen molar-refractivity contribution in [2.24, 2.45) is 7.05 Å². The van der Waals surface area contributed by atoms with Crippen LogP contribution in [0.25, 0.3) is 11.0 Å². The minimum absolute atomic E-state index is 0.0435. The summed E-state index contributed by atoms with van der Waals surface area (Å²) in [7, 11) is 1.84. The summed E-state index contributed by atoms with van der Waals surface area (Å²) in [5, 5.41) is 17.2. The number of aromatic nitrogens is 3. The van der Waals surface area contributed by atoms with Gasteiger partial charge in [-0.1, -0.05) is 6.92 Å². The normalized spacial score (nSPS) is 19.6. The Kier molecular flexibility index (Phi) is 4.95. The quantitative estimate of drug-likeness (QED) is 0.805. The summed E-state index contributed by atoms with van der Waals surface area (Å²) in [6.45, 7) is 6.42. The Hall–Kier alpha value is -2.48. The Balaban J connectivity index is 1.66. The molecule has 2 aromatic rings. The van der Waals surface area contributed by atoms with Gasteiger partial charge < -0.3 is 10.4 Å². The van der Waals surface area contributed by atoms with Crippen LogP contribution >= 0.6 is 0 Å². The van der Waals surface area contributed by atoms with Gasteiger partial charge in [0.15, 0.2) is 5.65 Å². The molecule has 3 rings (SSSR count). The average molecular weight is 359 g/mol. The lowest BCUT2D eigenvalue weighted by atomic mass is 9.85. The van der Waals surface area contributed by atoms with E-state index in [1.165, 1.54) is 0 Å². The first-order chi connectivity index (χ1) is 12.3. The number of carbonyl (C=O) groups excluding carboxylic acids is 1. The van der Waals surface area contributed by atoms with E-state index in [9.17, 15) is 9.59 Å². The van der Waals surface area contributed by atoms with Gasteiger partial charge in [0, 0.05) is 24.5 Å². The van der Waals surface area contributed by atoms with Gasteiger partial charge in [0.1, 0.15) is 0 Å². The summed E-state index contributed by atoms with van der Waals surface area (Å²) < 4.78 is 1.72. The van der Waals surface area contributed by atoms with E-state index >= 15 is 0 Å². The van der Waals surface area contributed by atoms with E-state index in [-0.39, 0.29) is 24.5 Å². The van der Waals surface area contributed by atoms with E-state index < -0.39 is 5.97 Å². The second-order valence-electron chi connectivity index (χ2n) is 6.95. The fraction of sp³-hybridized carbons (Fsp3) is 0.556. The summed E-state index contributed by atoms with van der Waals surface area (Å²) in [5.74, 6) is -0.953.